The summed E-state index contributed by atoms with van der Waals surface area (Å²) in [5.74, 6) is 1.26. The SMILES string of the molecule is Cc1ccc(C(=O)N2CCC(Oc3nccnc3N(C)C)C2)cc1. The molecule has 6 nitrogen and oxygen atoms in total. The van der Waals surface area contributed by atoms with Gasteiger partial charge in [-0.25, -0.2) is 9.97 Å². The Labute approximate surface area is 142 Å². The number of nitrogens with zero attached hydrogens (tertiary/aromatic N) is 4. The first-order chi connectivity index (χ1) is 11.5. The van der Waals surface area contributed by atoms with E-state index in [1.54, 1.807) is 12.4 Å². The second kappa shape index (κ2) is 6.86. The van der Waals surface area contributed by atoms with Gasteiger partial charge in [-0.15, -0.1) is 0 Å². The van der Waals surface area contributed by atoms with Crippen molar-refractivity contribution in [2.75, 3.05) is 32.1 Å². The first-order valence-electron chi connectivity index (χ1n) is 8.05. The van der Waals surface area contributed by atoms with Crippen molar-refractivity contribution in [3.8, 4) is 5.88 Å². The second-order valence-electron chi connectivity index (χ2n) is 6.23. The third-order valence-corrected chi connectivity index (χ3v) is 4.08. The van der Waals surface area contributed by atoms with Gasteiger partial charge in [0.15, 0.2) is 5.82 Å². The maximum absolute atomic E-state index is 12.6. The first-order valence-corrected chi connectivity index (χ1v) is 8.05. The van der Waals surface area contributed by atoms with Crippen molar-refractivity contribution in [1.29, 1.82) is 0 Å². The molecule has 0 bridgehead atoms. The lowest BCUT2D eigenvalue weighted by Crippen LogP contribution is -2.31. The molecule has 1 atom stereocenters. The van der Waals surface area contributed by atoms with Crippen LogP contribution in [-0.4, -0.2) is 54.1 Å². The molecular formula is C18H22N4O2. The van der Waals surface area contributed by atoms with Gasteiger partial charge in [-0.05, 0) is 19.1 Å². The predicted octanol–water partition coefficient (Wildman–Crippen LogP) is 2.14. The third-order valence-electron chi connectivity index (χ3n) is 4.08. The predicted molar refractivity (Wildman–Crippen MR) is 92.5 cm³/mol. The summed E-state index contributed by atoms with van der Waals surface area (Å²) >= 11 is 0. The molecular weight excluding hydrogens is 304 g/mol. The fourth-order valence-corrected chi connectivity index (χ4v) is 2.75. The van der Waals surface area contributed by atoms with Crippen LogP contribution < -0.4 is 9.64 Å². The molecule has 1 aliphatic heterocycles. The Morgan fingerprint density at radius 3 is 2.62 bits per heavy atom. The topological polar surface area (TPSA) is 58.6 Å². The van der Waals surface area contributed by atoms with Gasteiger partial charge in [-0.1, -0.05) is 17.7 Å². The zero-order valence-corrected chi connectivity index (χ0v) is 14.3. The summed E-state index contributed by atoms with van der Waals surface area (Å²) in [7, 11) is 3.80. The molecule has 0 spiro atoms. The van der Waals surface area contributed by atoms with Gasteiger partial charge in [0.25, 0.3) is 11.8 Å². The number of carbonyl (C=O) groups is 1. The maximum atomic E-state index is 12.6. The summed E-state index contributed by atoms with van der Waals surface area (Å²) in [5, 5.41) is 0. The van der Waals surface area contributed by atoms with E-state index < -0.39 is 0 Å². The second-order valence-corrected chi connectivity index (χ2v) is 6.23. The number of ether oxygens (including phenoxy) is 1. The van der Waals surface area contributed by atoms with E-state index in [1.165, 1.54) is 0 Å². The van der Waals surface area contributed by atoms with E-state index in [4.69, 9.17) is 4.74 Å². The van der Waals surface area contributed by atoms with Gasteiger partial charge in [0.05, 0.1) is 6.54 Å². The molecule has 1 aromatic carbocycles. The van der Waals surface area contributed by atoms with Crippen molar-refractivity contribution in [1.82, 2.24) is 14.9 Å². The largest absolute Gasteiger partial charge is 0.470 e. The summed E-state index contributed by atoms with van der Waals surface area (Å²) in [6.07, 6.45) is 3.99. The van der Waals surface area contributed by atoms with Crippen LogP contribution in [0, 0.1) is 6.92 Å². The van der Waals surface area contributed by atoms with Crippen molar-refractivity contribution in [2.24, 2.45) is 0 Å². The van der Waals surface area contributed by atoms with Crippen LogP contribution in [0.25, 0.3) is 0 Å². The van der Waals surface area contributed by atoms with Crippen molar-refractivity contribution < 1.29 is 9.53 Å². The molecule has 0 saturated carbocycles. The average Bonchev–Trinajstić information content (AvgIpc) is 3.04. The van der Waals surface area contributed by atoms with E-state index in [9.17, 15) is 4.79 Å². The minimum absolute atomic E-state index is 0.0491. The summed E-state index contributed by atoms with van der Waals surface area (Å²) in [6.45, 7) is 3.27. The summed E-state index contributed by atoms with van der Waals surface area (Å²) in [4.78, 5) is 24.8. The zero-order chi connectivity index (χ0) is 17.1. The molecule has 2 aromatic rings. The quantitative estimate of drug-likeness (QED) is 0.861. The minimum atomic E-state index is -0.0604. The lowest BCUT2D eigenvalue weighted by atomic mass is 10.1. The normalized spacial score (nSPS) is 17.0. The number of benzene rings is 1. The van der Waals surface area contributed by atoms with Crippen LogP contribution in [0.3, 0.4) is 0 Å². The zero-order valence-electron chi connectivity index (χ0n) is 14.3. The lowest BCUT2D eigenvalue weighted by Gasteiger charge is -2.19. The monoisotopic (exact) mass is 326 g/mol. The molecule has 0 aliphatic carbocycles. The number of amides is 1. The molecule has 1 amide bonds. The third kappa shape index (κ3) is 3.48. The van der Waals surface area contributed by atoms with E-state index in [0.717, 1.165) is 17.5 Å². The van der Waals surface area contributed by atoms with E-state index >= 15 is 0 Å². The van der Waals surface area contributed by atoms with Crippen molar-refractivity contribution in [3.05, 3.63) is 47.8 Å². The molecule has 1 aliphatic rings. The number of hydrogen-bond acceptors (Lipinski definition) is 5. The highest BCUT2D eigenvalue weighted by atomic mass is 16.5. The van der Waals surface area contributed by atoms with E-state index in [1.807, 2.05) is 55.1 Å². The van der Waals surface area contributed by atoms with Crippen LogP contribution in [0.2, 0.25) is 0 Å². The van der Waals surface area contributed by atoms with Crippen LogP contribution in [0.5, 0.6) is 5.88 Å². The molecule has 0 N–H and O–H groups in total. The Balaban J connectivity index is 1.65. The maximum Gasteiger partial charge on any atom is 0.257 e. The van der Waals surface area contributed by atoms with Crippen LogP contribution >= 0.6 is 0 Å². The van der Waals surface area contributed by atoms with E-state index in [2.05, 4.69) is 9.97 Å². The molecule has 3 rings (SSSR count). The van der Waals surface area contributed by atoms with Gasteiger partial charge in [-0.2, -0.15) is 0 Å². The highest BCUT2D eigenvalue weighted by molar-refractivity contribution is 5.94. The Kier molecular flexibility index (Phi) is 4.64. The summed E-state index contributed by atoms with van der Waals surface area (Å²) < 4.78 is 5.99. The number of anilines is 1. The molecule has 2 heterocycles. The van der Waals surface area contributed by atoms with Crippen LogP contribution in [-0.2, 0) is 0 Å². The fourth-order valence-electron chi connectivity index (χ4n) is 2.75. The van der Waals surface area contributed by atoms with Gasteiger partial charge in [0, 0.05) is 45.0 Å². The number of aryl methyl sites for hydroxylation is 1. The molecule has 1 unspecified atom stereocenters. The van der Waals surface area contributed by atoms with Gasteiger partial charge in [0.1, 0.15) is 6.10 Å². The summed E-state index contributed by atoms with van der Waals surface area (Å²) in [6, 6.07) is 7.66. The number of aromatic nitrogens is 2. The van der Waals surface area contributed by atoms with Gasteiger partial charge < -0.3 is 14.5 Å². The molecule has 0 radical (unpaired) electrons. The molecule has 126 valence electrons. The molecule has 1 aromatic heterocycles. The minimum Gasteiger partial charge on any atom is -0.470 e. The van der Waals surface area contributed by atoms with Crippen molar-refractivity contribution >= 4 is 11.7 Å². The summed E-state index contributed by atoms with van der Waals surface area (Å²) in [5.41, 5.74) is 1.86. The van der Waals surface area contributed by atoms with Crippen LogP contribution in [0.15, 0.2) is 36.7 Å². The Bertz CT molecular complexity index is 715. The Morgan fingerprint density at radius 1 is 1.21 bits per heavy atom. The Hall–Kier alpha value is -2.63. The number of rotatable bonds is 4. The lowest BCUT2D eigenvalue weighted by molar-refractivity contribution is 0.0771. The van der Waals surface area contributed by atoms with Gasteiger partial charge in [-0.3, -0.25) is 4.79 Å². The van der Waals surface area contributed by atoms with Gasteiger partial charge >= 0.3 is 0 Å². The molecule has 1 fully saturated rings. The van der Waals surface area contributed by atoms with Crippen LogP contribution in [0.1, 0.15) is 22.3 Å². The number of likely N-dealkylation sites (tertiary alicyclic amines) is 1. The van der Waals surface area contributed by atoms with Gasteiger partial charge in [0.2, 0.25) is 0 Å². The number of hydrogen-bond donors (Lipinski definition) is 0. The number of carbonyl (C=O) groups excluding carboxylic acids is 1. The van der Waals surface area contributed by atoms with Crippen molar-refractivity contribution in [3.63, 3.8) is 0 Å². The Morgan fingerprint density at radius 2 is 1.92 bits per heavy atom. The smallest absolute Gasteiger partial charge is 0.257 e. The van der Waals surface area contributed by atoms with Crippen molar-refractivity contribution in [2.45, 2.75) is 19.4 Å². The molecule has 6 heteroatoms. The standard InChI is InChI=1S/C18H22N4O2/c1-13-4-6-14(7-5-13)18(23)22-11-8-15(12-22)24-17-16(21(2)3)19-9-10-20-17/h4-7,9-10,15H,8,11-12H2,1-3H3. The van der Waals surface area contributed by atoms with E-state index in [-0.39, 0.29) is 12.0 Å². The highest BCUT2D eigenvalue weighted by Gasteiger charge is 2.29. The molecule has 24 heavy (non-hydrogen) atoms. The van der Waals surface area contributed by atoms with Crippen LogP contribution in [0.4, 0.5) is 5.82 Å². The average molecular weight is 326 g/mol. The molecule has 1 saturated heterocycles. The highest BCUT2D eigenvalue weighted by Crippen LogP contribution is 2.24. The van der Waals surface area contributed by atoms with E-state index in [0.29, 0.717) is 24.8 Å². The first kappa shape index (κ1) is 16.2. The fraction of sp³-hybridized carbons (Fsp3) is 0.389.